The van der Waals surface area contributed by atoms with Crippen molar-refractivity contribution in [2.45, 2.75) is 19.4 Å². The maximum Gasteiger partial charge on any atom is 0.123 e. The molecular formula is C13H16FN3. The van der Waals surface area contributed by atoms with E-state index in [9.17, 15) is 4.39 Å². The molecular weight excluding hydrogens is 217 g/mol. The lowest BCUT2D eigenvalue weighted by Crippen LogP contribution is -2.17. The molecule has 2 aromatic rings. The minimum atomic E-state index is -0.193. The minimum absolute atomic E-state index is 0.193. The molecule has 1 aromatic heterocycles. The summed E-state index contributed by atoms with van der Waals surface area (Å²) in [5.41, 5.74) is 2.12. The van der Waals surface area contributed by atoms with Gasteiger partial charge in [-0.15, -0.1) is 0 Å². The van der Waals surface area contributed by atoms with Crippen molar-refractivity contribution >= 4 is 5.69 Å². The maximum atomic E-state index is 12.7. The van der Waals surface area contributed by atoms with Crippen LogP contribution >= 0.6 is 0 Å². The van der Waals surface area contributed by atoms with E-state index >= 15 is 0 Å². The van der Waals surface area contributed by atoms with Gasteiger partial charge >= 0.3 is 0 Å². The Morgan fingerprint density at radius 3 is 2.65 bits per heavy atom. The molecule has 2 rings (SSSR count). The van der Waals surface area contributed by atoms with Gasteiger partial charge in [0.25, 0.3) is 0 Å². The van der Waals surface area contributed by atoms with Gasteiger partial charge in [0.05, 0.1) is 11.9 Å². The third-order valence-electron chi connectivity index (χ3n) is 2.57. The molecule has 0 saturated carbocycles. The molecule has 17 heavy (non-hydrogen) atoms. The highest BCUT2D eigenvalue weighted by Crippen LogP contribution is 2.10. The number of halogens is 1. The zero-order valence-electron chi connectivity index (χ0n) is 10.0. The topological polar surface area (TPSA) is 29.9 Å². The van der Waals surface area contributed by atoms with Crippen LogP contribution in [0.3, 0.4) is 0 Å². The summed E-state index contributed by atoms with van der Waals surface area (Å²) >= 11 is 0. The van der Waals surface area contributed by atoms with Crippen LogP contribution in [0.2, 0.25) is 0 Å². The van der Waals surface area contributed by atoms with Crippen molar-refractivity contribution in [2.24, 2.45) is 7.05 Å². The summed E-state index contributed by atoms with van der Waals surface area (Å²) in [6.07, 6.45) is 4.58. The smallest absolute Gasteiger partial charge is 0.123 e. The van der Waals surface area contributed by atoms with E-state index in [1.807, 2.05) is 25.4 Å². The highest BCUT2D eigenvalue weighted by Gasteiger charge is 2.04. The van der Waals surface area contributed by atoms with E-state index in [-0.39, 0.29) is 11.9 Å². The van der Waals surface area contributed by atoms with Crippen LogP contribution in [-0.4, -0.2) is 15.8 Å². The summed E-state index contributed by atoms with van der Waals surface area (Å²) in [6, 6.07) is 6.90. The van der Waals surface area contributed by atoms with Crippen LogP contribution in [0, 0.1) is 5.82 Å². The van der Waals surface area contributed by atoms with Gasteiger partial charge in [-0.25, -0.2) is 4.39 Å². The average molecular weight is 233 g/mol. The summed E-state index contributed by atoms with van der Waals surface area (Å²) in [7, 11) is 1.88. The standard InChI is InChI=1S/C13H16FN3/c1-10(16-13-8-15-17(2)9-13)7-11-3-5-12(14)6-4-11/h3-6,8-10,16H,7H2,1-2H3. The Balaban J connectivity index is 1.93. The molecule has 0 spiro atoms. The molecule has 1 N–H and O–H groups in total. The van der Waals surface area contributed by atoms with Gasteiger partial charge in [-0.3, -0.25) is 4.68 Å². The van der Waals surface area contributed by atoms with Crippen LogP contribution in [0.1, 0.15) is 12.5 Å². The van der Waals surface area contributed by atoms with Gasteiger partial charge < -0.3 is 5.32 Å². The van der Waals surface area contributed by atoms with E-state index in [1.54, 1.807) is 10.9 Å². The second-order valence-corrected chi connectivity index (χ2v) is 4.28. The number of hydrogen-bond acceptors (Lipinski definition) is 2. The fourth-order valence-electron chi connectivity index (χ4n) is 1.81. The van der Waals surface area contributed by atoms with Crippen molar-refractivity contribution < 1.29 is 4.39 Å². The molecule has 0 aliphatic rings. The lowest BCUT2D eigenvalue weighted by Gasteiger charge is -2.13. The predicted molar refractivity (Wildman–Crippen MR) is 66.4 cm³/mol. The first-order valence-corrected chi connectivity index (χ1v) is 5.63. The molecule has 1 atom stereocenters. The maximum absolute atomic E-state index is 12.7. The fourth-order valence-corrected chi connectivity index (χ4v) is 1.81. The normalized spacial score (nSPS) is 12.4. The molecule has 0 amide bonds. The predicted octanol–water partition coefficient (Wildman–Crippen LogP) is 2.60. The minimum Gasteiger partial charge on any atom is -0.380 e. The van der Waals surface area contributed by atoms with E-state index < -0.39 is 0 Å². The number of aryl methyl sites for hydroxylation is 1. The van der Waals surface area contributed by atoms with E-state index in [1.165, 1.54) is 12.1 Å². The second kappa shape index (κ2) is 4.99. The molecule has 3 nitrogen and oxygen atoms in total. The highest BCUT2D eigenvalue weighted by molar-refractivity contribution is 5.39. The van der Waals surface area contributed by atoms with Gasteiger partial charge in [-0.05, 0) is 31.0 Å². The van der Waals surface area contributed by atoms with Crippen LogP contribution < -0.4 is 5.32 Å². The molecule has 0 radical (unpaired) electrons. The first kappa shape index (κ1) is 11.6. The first-order valence-electron chi connectivity index (χ1n) is 5.63. The number of anilines is 1. The molecule has 4 heteroatoms. The zero-order chi connectivity index (χ0) is 12.3. The van der Waals surface area contributed by atoms with E-state index in [4.69, 9.17) is 0 Å². The van der Waals surface area contributed by atoms with Crippen molar-refractivity contribution in [3.63, 3.8) is 0 Å². The van der Waals surface area contributed by atoms with E-state index in [0.717, 1.165) is 17.7 Å². The average Bonchev–Trinajstić information content (AvgIpc) is 2.67. The second-order valence-electron chi connectivity index (χ2n) is 4.28. The molecule has 1 heterocycles. The fraction of sp³-hybridized carbons (Fsp3) is 0.308. The van der Waals surface area contributed by atoms with Crippen LogP contribution in [0.25, 0.3) is 0 Å². The Bertz CT molecular complexity index is 476. The SMILES string of the molecule is CC(Cc1ccc(F)cc1)Nc1cnn(C)c1. The molecule has 90 valence electrons. The van der Waals surface area contributed by atoms with Crippen molar-refractivity contribution in [3.05, 3.63) is 48.0 Å². The lowest BCUT2D eigenvalue weighted by atomic mass is 10.1. The number of hydrogen-bond donors (Lipinski definition) is 1. The Labute approximate surface area is 100 Å². The summed E-state index contributed by atoms with van der Waals surface area (Å²) in [5, 5.41) is 7.44. The van der Waals surface area contributed by atoms with Crippen LogP contribution in [-0.2, 0) is 13.5 Å². The van der Waals surface area contributed by atoms with E-state index in [2.05, 4.69) is 17.3 Å². The van der Waals surface area contributed by atoms with Gasteiger partial charge in [0.15, 0.2) is 0 Å². The van der Waals surface area contributed by atoms with E-state index in [0.29, 0.717) is 0 Å². The number of aromatic nitrogens is 2. The van der Waals surface area contributed by atoms with Gasteiger partial charge in [-0.2, -0.15) is 5.10 Å². The largest absolute Gasteiger partial charge is 0.380 e. The molecule has 1 aromatic carbocycles. The first-order chi connectivity index (χ1) is 8.13. The third kappa shape index (κ3) is 3.31. The lowest BCUT2D eigenvalue weighted by molar-refractivity contribution is 0.626. The van der Waals surface area contributed by atoms with Gasteiger partial charge in [0, 0.05) is 19.3 Å². The number of nitrogens with one attached hydrogen (secondary N) is 1. The number of nitrogens with zero attached hydrogens (tertiary/aromatic N) is 2. The quantitative estimate of drug-likeness (QED) is 0.879. The number of rotatable bonds is 4. The molecule has 0 aliphatic heterocycles. The highest BCUT2D eigenvalue weighted by atomic mass is 19.1. The molecule has 0 bridgehead atoms. The van der Waals surface area contributed by atoms with Gasteiger partial charge in [0.1, 0.15) is 5.82 Å². The van der Waals surface area contributed by atoms with Gasteiger partial charge in [0.2, 0.25) is 0 Å². The number of benzene rings is 1. The monoisotopic (exact) mass is 233 g/mol. The summed E-state index contributed by atoms with van der Waals surface area (Å²) < 4.78 is 14.5. The van der Waals surface area contributed by atoms with Crippen LogP contribution in [0.4, 0.5) is 10.1 Å². The zero-order valence-corrected chi connectivity index (χ0v) is 10.0. The Morgan fingerprint density at radius 2 is 2.06 bits per heavy atom. The van der Waals surface area contributed by atoms with Crippen LogP contribution in [0.5, 0.6) is 0 Å². The van der Waals surface area contributed by atoms with Crippen molar-refractivity contribution in [3.8, 4) is 0 Å². The van der Waals surface area contributed by atoms with Crippen LogP contribution in [0.15, 0.2) is 36.7 Å². The Morgan fingerprint density at radius 1 is 1.35 bits per heavy atom. The van der Waals surface area contributed by atoms with Gasteiger partial charge in [-0.1, -0.05) is 12.1 Å². The molecule has 0 fully saturated rings. The van der Waals surface area contributed by atoms with Crippen molar-refractivity contribution in [2.75, 3.05) is 5.32 Å². The van der Waals surface area contributed by atoms with Crippen molar-refractivity contribution in [1.29, 1.82) is 0 Å². The van der Waals surface area contributed by atoms with Crippen molar-refractivity contribution in [1.82, 2.24) is 9.78 Å². The Kier molecular flexibility index (Phi) is 3.42. The Hall–Kier alpha value is -1.84. The third-order valence-corrected chi connectivity index (χ3v) is 2.57. The molecule has 1 unspecified atom stereocenters. The molecule has 0 saturated heterocycles. The summed E-state index contributed by atoms with van der Waals surface area (Å²) in [5.74, 6) is -0.193. The molecule has 0 aliphatic carbocycles. The summed E-state index contributed by atoms with van der Waals surface area (Å²) in [4.78, 5) is 0. The summed E-state index contributed by atoms with van der Waals surface area (Å²) in [6.45, 7) is 2.09.